The Balaban J connectivity index is 1.26. The van der Waals surface area contributed by atoms with Crippen LogP contribution < -0.4 is 5.32 Å². The molecule has 2 heterocycles. The maximum absolute atomic E-state index is 12.7. The van der Waals surface area contributed by atoms with Crippen LogP contribution in [0.25, 0.3) is 22.6 Å². The van der Waals surface area contributed by atoms with Gasteiger partial charge >= 0.3 is 5.97 Å². The predicted molar refractivity (Wildman–Crippen MR) is 187 cm³/mol. The molecule has 0 spiro atoms. The third-order valence-electron chi connectivity index (χ3n) is 8.32. The molecule has 0 aliphatic carbocycles. The van der Waals surface area contributed by atoms with Crippen LogP contribution in [-0.4, -0.2) is 39.9 Å². The minimum atomic E-state index is -0.947. The highest BCUT2D eigenvalue weighted by Gasteiger charge is 2.39. The number of thioether (sulfide) groups is 1. The molecular formula is C39H38N2O7S. The van der Waals surface area contributed by atoms with Crippen LogP contribution in [0.5, 0.6) is 0 Å². The van der Waals surface area contributed by atoms with Crippen LogP contribution in [0.15, 0.2) is 119 Å². The molecule has 49 heavy (non-hydrogen) atoms. The lowest BCUT2D eigenvalue weighted by Gasteiger charge is -2.41. The van der Waals surface area contributed by atoms with Crippen LogP contribution in [0.3, 0.4) is 0 Å². The quantitative estimate of drug-likeness (QED) is 0.106. The second kappa shape index (κ2) is 15.7. The fourth-order valence-electron chi connectivity index (χ4n) is 5.71. The summed E-state index contributed by atoms with van der Waals surface area (Å²) in [4.78, 5) is 28.9. The van der Waals surface area contributed by atoms with E-state index in [1.54, 1.807) is 12.1 Å². The van der Waals surface area contributed by atoms with Gasteiger partial charge < -0.3 is 29.1 Å². The summed E-state index contributed by atoms with van der Waals surface area (Å²) in [5, 5.41) is 13.0. The molecular weight excluding hydrogens is 641 g/mol. The molecule has 1 fully saturated rings. The number of aliphatic hydroxyl groups is 1. The fraction of sp³-hybridized carbons (Fsp3) is 0.256. The zero-order valence-electron chi connectivity index (χ0n) is 27.4. The number of rotatable bonds is 11. The number of oxazole rings is 1. The van der Waals surface area contributed by atoms with Gasteiger partial charge in [0, 0.05) is 41.0 Å². The highest BCUT2D eigenvalue weighted by Crippen LogP contribution is 2.44. The first-order chi connectivity index (χ1) is 23.8. The monoisotopic (exact) mass is 678 g/mol. The Bertz CT molecular complexity index is 1810. The van der Waals surface area contributed by atoms with Gasteiger partial charge in [0.15, 0.2) is 18.2 Å². The topological polar surface area (TPSA) is 120 Å². The van der Waals surface area contributed by atoms with E-state index in [9.17, 15) is 14.7 Å². The van der Waals surface area contributed by atoms with Gasteiger partial charge in [-0.05, 0) is 30.2 Å². The molecule has 0 radical (unpaired) electrons. The fourth-order valence-corrected chi connectivity index (χ4v) is 6.70. The molecule has 1 aliphatic rings. The van der Waals surface area contributed by atoms with E-state index >= 15 is 0 Å². The maximum Gasteiger partial charge on any atom is 0.303 e. The van der Waals surface area contributed by atoms with Crippen LogP contribution in [0, 0.1) is 5.92 Å². The van der Waals surface area contributed by atoms with Crippen LogP contribution >= 0.6 is 11.8 Å². The first-order valence-electron chi connectivity index (χ1n) is 16.1. The van der Waals surface area contributed by atoms with E-state index in [-0.39, 0.29) is 24.7 Å². The Morgan fingerprint density at radius 1 is 0.898 bits per heavy atom. The number of aromatic nitrogens is 1. The molecule has 2 N–H and O–H groups in total. The molecule has 0 saturated carbocycles. The third-order valence-corrected chi connectivity index (χ3v) is 9.24. The van der Waals surface area contributed by atoms with E-state index in [1.165, 1.54) is 25.6 Å². The summed E-state index contributed by atoms with van der Waals surface area (Å²) >= 11 is 1.49. The lowest BCUT2D eigenvalue weighted by Crippen LogP contribution is -2.38. The first-order valence-corrected chi connectivity index (χ1v) is 17.1. The van der Waals surface area contributed by atoms with Gasteiger partial charge in [-0.3, -0.25) is 9.59 Å². The maximum atomic E-state index is 12.7. The Kier molecular flexibility index (Phi) is 10.9. The van der Waals surface area contributed by atoms with Gasteiger partial charge in [0.2, 0.25) is 0 Å². The predicted octanol–water partition coefficient (Wildman–Crippen LogP) is 7.97. The molecule has 1 aliphatic heterocycles. The number of aliphatic hydroxyl groups excluding tert-OH is 1. The van der Waals surface area contributed by atoms with Crippen LogP contribution in [0.1, 0.15) is 49.9 Å². The summed E-state index contributed by atoms with van der Waals surface area (Å²) in [6, 6.07) is 34.9. The number of benzene rings is 4. The van der Waals surface area contributed by atoms with Crippen molar-refractivity contribution in [2.24, 2.45) is 5.92 Å². The second-order valence-corrected chi connectivity index (χ2v) is 12.9. The third kappa shape index (κ3) is 8.29. The number of anilines is 1. The Hall–Kier alpha value is -4.74. The lowest BCUT2D eigenvalue weighted by molar-refractivity contribution is -0.268. The number of hydrogen-bond acceptors (Lipinski definition) is 9. The number of esters is 1. The van der Waals surface area contributed by atoms with Gasteiger partial charge in [-0.1, -0.05) is 116 Å². The van der Waals surface area contributed by atoms with Crippen molar-refractivity contribution in [2.45, 2.75) is 57.2 Å². The molecule has 0 unspecified atom stereocenters. The van der Waals surface area contributed by atoms with Gasteiger partial charge in [-0.2, -0.15) is 0 Å². The number of nitrogens with one attached hydrogen (secondary N) is 1. The van der Waals surface area contributed by atoms with E-state index < -0.39 is 24.3 Å². The summed E-state index contributed by atoms with van der Waals surface area (Å²) in [5.41, 5.74) is 5.68. The molecule has 1 aromatic heterocycles. The van der Waals surface area contributed by atoms with E-state index in [0.29, 0.717) is 28.0 Å². The zero-order chi connectivity index (χ0) is 34.3. The van der Waals surface area contributed by atoms with Gasteiger partial charge in [0.25, 0.3) is 11.1 Å². The van der Waals surface area contributed by atoms with Crippen LogP contribution in [0.4, 0.5) is 5.69 Å². The van der Waals surface area contributed by atoms with Crippen molar-refractivity contribution < 1.29 is 33.3 Å². The Morgan fingerprint density at radius 3 is 2.27 bits per heavy atom. The molecule has 1 saturated heterocycles. The van der Waals surface area contributed by atoms with Crippen molar-refractivity contribution in [3.63, 3.8) is 0 Å². The molecule has 6 rings (SSSR count). The summed E-state index contributed by atoms with van der Waals surface area (Å²) in [6.07, 6.45) is -2.31. The van der Waals surface area contributed by atoms with E-state index in [2.05, 4.69) is 12.2 Å². The summed E-state index contributed by atoms with van der Waals surface area (Å²) in [5.74, 6) is 0.197. The van der Waals surface area contributed by atoms with Crippen LogP contribution in [-0.2, 0) is 30.4 Å². The highest BCUT2D eigenvalue weighted by atomic mass is 32.2. The molecule has 9 nitrogen and oxygen atoms in total. The molecule has 0 bridgehead atoms. The lowest BCUT2D eigenvalue weighted by atomic mass is 9.91. The summed E-state index contributed by atoms with van der Waals surface area (Å²) in [6.45, 7) is 4.83. The normalized spacial score (nSPS) is 19.6. The molecule has 4 aromatic carbocycles. The average molecular weight is 679 g/mol. The Morgan fingerprint density at radius 2 is 1.59 bits per heavy atom. The molecule has 252 valence electrons. The number of hydrogen-bond donors (Lipinski definition) is 2. The number of amides is 1. The summed E-state index contributed by atoms with van der Waals surface area (Å²) in [7, 11) is 0. The molecule has 1 amide bonds. The standard InChI is InChI=1S/C39H38N2O7S/c1-24-33(23-49-39-41-34(28-11-6-4-7-12-28)36(48-39)29-13-8-5-9-14-29)46-38(47-35(24)30-19-17-27(22-42)18-20-30)31-15-10-16-32(21-31)40-37(44)25(2)45-26(3)43/h4-21,24-25,33,35,38,42H,22-23H2,1-3H3,(H,40,44)/t24-,25+,33+,35+,38+/m1/s1. The van der Waals surface area contributed by atoms with Crippen molar-refractivity contribution in [2.75, 3.05) is 11.1 Å². The number of ether oxygens (including phenoxy) is 3. The smallest absolute Gasteiger partial charge is 0.303 e. The van der Waals surface area contributed by atoms with E-state index in [4.69, 9.17) is 23.6 Å². The number of carbonyl (C=O) groups is 2. The first kappa shape index (κ1) is 34.1. The summed E-state index contributed by atoms with van der Waals surface area (Å²) < 4.78 is 24.7. The second-order valence-electron chi connectivity index (χ2n) is 11.9. The SMILES string of the molecule is CC(=O)O[C@@H](C)C(=O)Nc1cccc([C@H]2O[C@@H](CSc3nc(-c4ccccc4)c(-c4ccccc4)o3)[C@@H](C)[C@@H](c3ccc(CO)cc3)O2)c1. The van der Waals surface area contributed by atoms with Gasteiger partial charge in [-0.25, -0.2) is 4.98 Å². The van der Waals surface area contributed by atoms with Crippen molar-refractivity contribution >= 4 is 29.3 Å². The van der Waals surface area contributed by atoms with Gasteiger partial charge in [-0.15, -0.1) is 0 Å². The largest absolute Gasteiger partial charge is 0.453 e. The van der Waals surface area contributed by atoms with Gasteiger partial charge in [0.05, 0.1) is 18.8 Å². The molecule has 10 heteroatoms. The minimum absolute atomic E-state index is 0.0486. The van der Waals surface area contributed by atoms with Crippen molar-refractivity contribution in [1.82, 2.24) is 4.98 Å². The van der Waals surface area contributed by atoms with E-state index in [0.717, 1.165) is 27.9 Å². The van der Waals surface area contributed by atoms with Crippen molar-refractivity contribution in [3.05, 3.63) is 126 Å². The average Bonchev–Trinajstić information content (AvgIpc) is 3.56. The van der Waals surface area contributed by atoms with E-state index in [1.807, 2.05) is 97.1 Å². The number of carbonyl (C=O) groups excluding carboxylic acids is 2. The van der Waals surface area contributed by atoms with Crippen molar-refractivity contribution in [1.29, 1.82) is 0 Å². The Labute approximate surface area is 289 Å². The molecule has 5 atom stereocenters. The zero-order valence-corrected chi connectivity index (χ0v) is 28.3. The van der Waals surface area contributed by atoms with Gasteiger partial charge in [0.1, 0.15) is 5.69 Å². The molecule has 5 aromatic rings. The highest BCUT2D eigenvalue weighted by molar-refractivity contribution is 7.99. The minimum Gasteiger partial charge on any atom is -0.453 e. The van der Waals surface area contributed by atoms with Crippen LogP contribution in [0.2, 0.25) is 0 Å². The number of nitrogens with zero attached hydrogens (tertiary/aromatic N) is 1. The van der Waals surface area contributed by atoms with Crippen molar-refractivity contribution in [3.8, 4) is 22.6 Å².